The molecule has 0 heterocycles. The van der Waals surface area contributed by atoms with Crippen LogP contribution in [0.1, 0.15) is 19.8 Å². The van der Waals surface area contributed by atoms with Crippen LogP contribution in [-0.4, -0.2) is 19.1 Å². The van der Waals surface area contributed by atoms with Gasteiger partial charge in [-0.1, -0.05) is 18.5 Å². The number of azide groups is 1. The zero-order valence-corrected chi connectivity index (χ0v) is 7.19. The van der Waals surface area contributed by atoms with E-state index >= 15 is 0 Å². The fraction of sp³-hybridized carbons (Fsp3) is 0.857. The Morgan fingerprint density at radius 3 is 3.00 bits per heavy atom. The van der Waals surface area contributed by atoms with E-state index in [1.807, 2.05) is 6.92 Å². The van der Waals surface area contributed by atoms with Gasteiger partial charge in [0.2, 0.25) is 0 Å². The molecule has 66 valence electrons. The van der Waals surface area contributed by atoms with Crippen LogP contribution < -0.4 is 5.32 Å². The van der Waals surface area contributed by atoms with Crippen LogP contribution in [0.2, 0.25) is 0 Å². The summed E-state index contributed by atoms with van der Waals surface area (Å²) in [6, 6.07) is 2.03. The second-order valence-corrected chi connectivity index (χ2v) is 2.38. The average molecular weight is 167 g/mol. The van der Waals surface area contributed by atoms with E-state index in [1.165, 1.54) is 0 Å². The molecule has 0 bridgehead atoms. The van der Waals surface area contributed by atoms with Crippen molar-refractivity contribution in [2.45, 2.75) is 25.8 Å². The monoisotopic (exact) mass is 167 g/mol. The third-order valence-electron chi connectivity index (χ3n) is 1.40. The Morgan fingerprint density at radius 2 is 2.50 bits per heavy atom. The molecule has 0 radical (unpaired) electrons. The van der Waals surface area contributed by atoms with Gasteiger partial charge in [0.25, 0.3) is 0 Å². The van der Waals surface area contributed by atoms with Crippen LogP contribution in [0.25, 0.3) is 10.4 Å². The Hall–Kier alpha value is -1.24. The highest BCUT2D eigenvalue weighted by Gasteiger charge is 2.02. The molecule has 1 N–H and O–H groups in total. The summed E-state index contributed by atoms with van der Waals surface area (Å²) >= 11 is 0. The first-order valence-corrected chi connectivity index (χ1v) is 3.99. The van der Waals surface area contributed by atoms with Crippen molar-refractivity contribution in [3.63, 3.8) is 0 Å². The van der Waals surface area contributed by atoms with Gasteiger partial charge in [0.05, 0.1) is 12.1 Å². The van der Waals surface area contributed by atoms with E-state index in [0.29, 0.717) is 13.1 Å². The summed E-state index contributed by atoms with van der Waals surface area (Å²) in [7, 11) is 0. The third-order valence-corrected chi connectivity index (χ3v) is 1.40. The summed E-state index contributed by atoms with van der Waals surface area (Å²) in [6.45, 7) is 3.00. The number of hydrogen-bond acceptors (Lipinski definition) is 3. The van der Waals surface area contributed by atoms with E-state index in [2.05, 4.69) is 21.4 Å². The highest BCUT2D eigenvalue weighted by Crippen LogP contribution is 1.93. The maximum Gasteiger partial charge on any atom is 0.0952 e. The topological polar surface area (TPSA) is 84.6 Å². The Bertz CT molecular complexity index is 188. The fourth-order valence-electron chi connectivity index (χ4n) is 0.834. The zero-order valence-electron chi connectivity index (χ0n) is 7.19. The van der Waals surface area contributed by atoms with Crippen molar-refractivity contribution in [2.75, 3.05) is 13.1 Å². The largest absolute Gasteiger partial charge is 0.302 e. The van der Waals surface area contributed by atoms with Crippen LogP contribution in [0.3, 0.4) is 0 Å². The first-order valence-electron chi connectivity index (χ1n) is 3.99. The molecule has 1 atom stereocenters. The molecule has 0 fully saturated rings. The van der Waals surface area contributed by atoms with E-state index < -0.39 is 0 Å². The van der Waals surface area contributed by atoms with Gasteiger partial charge in [-0.05, 0) is 12.0 Å². The minimum Gasteiger partial charge on any atom is -0.302 e. The molecule has 0 aromatic heterocycles. The molecule has 0 aliphatic rings. The predicted molar refractivity (Wildman–Crippen MR) is 46.3 cm³/mol. The molecular formula is C7H13N5. The molecule has 0 aromatic carbocycles. The van der Waals surface area contributed by atoms with Gasteiger partial charge in [0.15, 0.2) is 0 Å². The van der Waals surface area contributed by atoms with Gasteiger partial charge in [-0.15, -0.1) is 0 Å². The third kappa shape index (κ3) is 5.54. The van der Waals surface area contributed by atoms with E-state index in [4.69, 9.17) is 10.8 Å². The number of hydrogen-bond donors (Lipinski definition) is 1. The lowest BCUT2D eigenvalue weighted by Crippen LogP contribution is -2.29. The Labute approximate surface area is 72.0 Å². The van der Waals surface area contributed by atoms with E-state index in [1.54, 1.807) is 0 Å². The van der Waals surface area contributed by atoms with Gasteiger partial charge in [0, 0.05) is 18.0 Å². The molecule has 1 unspecified atom stereocenters. The second-order valence-electron chi connectivity index (χ2n) is 2.38. The second kappa shape index (κ2) is 7.86. The van der Waals surface area contributed by atoms with Crippen molar-refractivity contribution >= 4 is 0 Å². The molecule has 0 aliphatic carbocycles. The smallest absolute Gasteiger partial charge is 0.0952 e. The molecule has 0 aromatic rings. The van der Waals surface area contributed by atoms with Crippen molar-refractivity contribution in [3.05, 3.63) is 10.4 Å². The molecular weight excluding hydrogens is 154 g/mol. The lowest BCUT2D eigenvalue weighted by Gasteiger charge is -2.07. The Morgan fingerprint density at radius 1 is 1.75 bits per heavy atom. The fourth-order valence-corrected chi connectivity index (χ4v) is 0.834. The van der Waals surface area contributed by atoms with Crippen molar-refractivity contribution in [1.29, 1.82) is 5.26 Å². The summed E-state index contributed by atoms with van der Waals surface area (Å²) < 4.78 is 0. The maximum absolute atomic E-state index is 8.60. The molecule has 0 amide bonds. The quantitative estimate of drug-likeness (QED) is 0.282. The zero-order chi connectivity index (χ0) is 9.23. The van der Waals surface area contributed by atoms with Crippen LogP contribution >= 0.6 is 0 Å². The molecule has 0 aliphatic heterocycles. The van der Waals surface area contributed by atoms with Crippen LogP contribution in [0.5, 0.6) is 0 Å². The number of nitriles is 1. The van der Waals surface area contributed by atoms with Crippen LogP contribution in [0.15, 0.2) is 5.11 Å². The van der Waals surface area contributed by atoms with Gasteiger partial charge in [-0.2, -0.15) is 5.26 Å². The number of rotatable bonds is 6. The van der Waals surface area contributed by atoms with E-state index in [-0.39, 0.29) is 6.04 Å². The molecule has 5 heteroatoms. The van der Waals surface area contributed by atoms with Crippen molar-refractivity contribution in [2.24, 2.45) is 5.11 Å². The van der Waals surface area contributed by atoms with E-state index in [9.17, 15) is 0 Å². The summed E-state index contributed by atoms with van der Waals surface area (Å²) in [5.41, 5.74) is 7.96. The normalized spacial score (nSPS) is 11.3. The molecule has 12 heavy (non-hydrogen) atoms. The van der Waals surface area contributed by atoms with Crippen LogP contribution in [0.4, 0.5) is 0 Å². The summed E-state index contributed by atoms with van der Waals surface area (Å²) in [4.78, 5) is 2.61. The Kier molecular flexibility index (Phi) is 7.05. The Balaban J connectivity index is 3.45. The highest BCUT2D eigenvalue weighted by atomic mass is 15.1. The lowest BCUT2D eigenvalue weighted by atomic mass is 10.2. The summed E-state index contributed by atoms with van der Waals surface area (Å²) in [6.07, 6.45) is 1.82. The van der Waals surface area contributed by atoms with Gasteiger partial charge in [0.1, 0.15) is 0 Å². The maximum atomic E-state index is 8.60. The summed E-state index contributed by atoms with van der Waals surface area (Å²) in [5, 5.41) is 14.9. The molecule has 0 rings (SSSR count). The highest BCUT2D eigenvalue weighted by molar-refractivity contribution is 4.88. The standard InChI is InChI=1S/C7H13N5/c1-2-3-7(6-8)10-4-5-11-12-9/h7,10H,2-5H2,1H3. The van der Waals surface area contributed by atoms with Gasteiger partial charge < -0.3 is 5.32 Å². The first-order chi connectivity index (χ1) is 5.85. The molecule has 5 nitrogen and oxygen atoms in total. The van der Waals surface area contributed by atoms with Crippen LogP contribution in [-0.2, 0) is 0 Å². The lowest BCUT2D eigenvalue weighted by molar-refractivity contribution is 0.564. The molecule has 0 saturated carbocycles. The summed E-state index contributed by atoms with van der Waals surface area (Å²) in [5.74, 6) is 0. The number of nitrogens with one attached hydrogen (secondary N) is 1. The SMILES string of the molecule is CCCC(C#N)NCCN=[N+]=[N-]. The van der Waals surface area contributed by atoms with Crippen molar-refractivity contribution in [1.82, 2.24) is 5.32 Å². The number of nitrogens with zero attached hydrogens (tertiary/aromatic N) is 4. The minimum absolute atomic E-state index is 0.108. The van der Waals surface area contributed by atoms with Gasteiger partial charge in [-0.3, -0.25) is 0 Å². The van der Waals surface area contributed by atoms with Gasteiger partial charge in [-0.25, -0.2) is 0 Å². The average Bonchev–Trinajstić information content (AvgIpc) is 2.10. The predicted octanol–water partition coefficient (Wildman–Crippen LogP) is 1.58. The van der Waals surface area contributed by atoms with Gasteiger partial charge >= 0.3 is 0 Å². The van der Waals surface area contributed by atoms with Crippen molar-refractivity contribution in [3.8, 4) is 6.07 Å². The van der Waals surface area contributed by atoms with Crippen molar-refractivity contribution < 1.29 is 0 Å². The van der Waals surface area contributed by atoms with Crippen LogP contribution in [0, 0.1) is 11.3 Å². The molecule has 0 saturated heterocycles. The minimum atomic E-state index is -0.108. The van der Waals surface area contributed by atoms with E-state index in [0.717, 1.165) is 12.8 Å². The first kappa shape index (κ1) is 10.8. The molecule has 0 spiro atoms.